The van der Waals surface area contributed by atoms with Crippen LogP contribution in [0.4, 0.5) is 4.79 Å². The van der Waals surface area contributed by atoms with Crippen molar-refractivity contribution in [1.82, 2.24) is 10.2 Å². The molecule has 0 aliphatic rings. The van der Waals surface area contributed by atoms with E-state index < -0.39 is 35.8 Å². The largest absolute Gasteiger partial charge is 0.480 e. The van der Waals surface area contributed by atoms with Crippen molar-refractivity contribution >= 4 is 28.7 Å². The number of hydrogen-bond donors (Lipinski definition) is 2. The van der Waals surface area contributed by atoms with Crippen LogP contribution in [0.25, 0.3) is 10.8 Å². The summed E-state index contributed by atoms with van der Waals surface area (Å²) in [6.07, 6.45) is 1.43. The number of urea groups is 1. The van der Waals surface area contributed by atoms with Gasteiger partial charge in [0.2, 0.25) is 0 Å². The molecule has 0 fully saturated rings. The Morgan fingerprint density at radius 1 is 0.623 bits per heavy atom. The number of aryl methyl sites for hydroxylation is 1. The fourth-order valence-corrected chi connectivity index (χ4v) is 6.70. The average Bonchev–Trinajstić information content (AvgIpc) is 3.20. The van der Waals surface area contributed by atoms with Crippen molar-refractivity contribution in [3.05, 3.63) is 192 Å². The molecule has 7 heteroatoms. The van der Waals surface area contributed by atoms with Crippen molar-refractivity contribution in [2.75, 3.05) is 6.54 Å². The molecule has 6 aromatic rings. The number of nitrogens with zero attached hydrogens (tertiary/aromatic N) is 1. The summed E-state index contributed by atoms with van der Waals surface area (Å²) < 4.78 is 5.83. The highest BCUT2D eigenvalue weighted by molar-refractivity contribution is 5.86. The van der Waals surface area contributed by atoms with Gasteiger partial charge in [-0.3, -0.25) is 4.79 Å². The van der Waals surface area contributed by atoms with Gasteiger partial charge in [-0.25, -0.2) is 9.59 Å². The van der Waals surface area contributed by atoms with Gasteiger partial charge in [0.15, 0.2) is 0 Å². The molecule has 2 N–H and O–H groups in total. The summed E-state index contributed by atoms with van der Waals surface area (Å²) in [7, 11) is 0. The van der Waals surface area contributed by atoms with E-state index in [0.717, 1.165) is 38.6 Å². The number of amides is 2. The molecule has 0 spiro atoms. The zero-order valence-electron chi connectivity index (χ0n) is 29.6. The van der Waals surface area contributed by atoms with Gasteiger partial charge in [0.05, 0.1) is 5.92 Å². The Hall–Kier alpha value is -6.21. The van der Waals surface area contributed by atoms with Crippen LogP contribution in [-0.2, 0) is 40.3 Å². The van der Waals surface area contributed by atoms with Gasteiger partial charge in [0.1, 0.15) is 12.6 Å². The van der Waals surface area contributed by atoms with Crippen molar-refractivity contribution < 1.29 is 24.2 Å². The first-order chi connectivity index (χ1) is 25.9. The van der Waals surface area contributed by atoms with E-state index >= 15 is 0 Å². The van der Waals surface area contributed by atoms with Crippen LogP contribution in [0.15, 0.2) is 164 Å². The summed E-state index contributed by atoms with van der Waals surface area (Å²) in [6.45, 7) is 0.319. The van der Waals surface area contributed by atoms with Crippen molar-refractivity contribution in [3.8, 4) is 0 Å². The van der Waals surface area contributed by atoms with E-state index in [1.165, 1.54) is 0 Å². The minimum atomic E-state index is -1.27. The Kier molecular flexibility index (Phi) is 12.7. The van der Waals surface area contributed by atoms with E-state index in [-0.39, 0.29) is 19.7 Å². The van der Waals surface area contributed by atoms with Crippen molar-refractivity contribution in [2.24, 2.45) is 5.92 Å². The summed E-state index contributed by atoms with van der Waals surface area (Å²) >= 11 is 0. The second kappa shape index (κ2) is 18.3. The molecular formula is C46H44N2O5. The first-order valence-electron chi connectivity index (χ1n) is 18.0. The maximum Gasteiger partial charge on any atom is 0.326 e. The van der Waals surface area contributed by atoms with Crippen molar-refractivity contribution in [2.45, 2.75) is 44.4 Å². The molecule has 6 rings (SSSR count). The quantitative estimate of drug-likeness (QED) is 0.0983. The maximum absolute atomic E-state index is 14.5. The van der Waals surface area contributed by atoms with Gasteiger partial charge in [0, 0.05) is 19.0 Å². The van der Waals surface area contributed by atoms with E-state index in [9.17, 15) is 19.5 Å². The number of aliphatic carboxylic acids is 1. The lowest BCUT2D eigenvalue weighted by atomic mass is 9.85. The summed E-state index contributed by atoms with van der Waals surface area (Å²) in [6, 6.07) is 50.6. The molecule has 53 heavy (non-hydrogen) atoms. The number of nitrogens with one attached hydrogen (secondary N) is 1. The minimum absolute atomic E-state index is 0.0346. The Balaban J connectivity index is 1.30. The van der Waals surface area contributed by atoms with E-state index in [2.05, 4.69) is 5.32 Å². The number of ether oxygens (including phenoxy) is 1. The van der Waals surface area contributed by atoms with Gasteiger partial charge in [-0.15, -0.1) is 0 Å². The van der Waals surface area contributed by atoms with Crippen LogP contribution in [0.2, 0.25) is 0 Å². The van der Waals surface area contributed by atoms with Gasteiger partial charge in [-0.05, 0) is 57.9 Å². The zero-order chi connectivity index (χ0) is 36.8. The standard InChI is InChI=1S/C46H44N2O5/c49-44(50)43(42(29-35-17-7-2-8-18-35)40-28-27-38-23-13-14-24-39(38)30-40)47-46(52)48(31-36-19-9-3-10-20-36)32-41(26-25-34-15-5-1-6-16-34)45(51)53-33-37-21-11-4-12-22-37/h1-24,27-28,30,41-43H,25-26,29,31-33H2,(H,47,52)(H,49,50)/t41-,42?,43-/m0/s1. The molecule has 0 bridgehead atoms. The smallest absolute Gasteiger partial charge is 0.326 e. The highest BCUT2D eigenvalue weighted by atomic mass is 16.5. The number of carboxylic acids is 1. The Morgan fingerprint density at radius 2 is 1.17 bits per heavy atom. The molecule has 0 aliphatic heterocycles. The number of benzene rings is 6. The van der Waals surface area contributed by atoms with Crippen LogP contribution in [0.3, 0.4) is 0 Å². The highest BCUT2D eigenvalue weighted by Crippen LogP contribution is 2.29. The number of carbonyl (C=O) groups is 3. The lowest BCUT2D eigenvalue weighted by molar-refractivity contribution is -0.150. The number of rotatable bonds is 16. The van der Waals surface area contributed by atoms with Gasteiger partial charge >= 0.3 is 18.0 Å². The molecule has 7 nitrogen and oxygen atoms in total. The first-order valence-corrected chi connectivity index (χ1v) is 18.0. The lowest BCUT2D eigenvalue weighted by Gasteiger charge is -2.31. The molecule has 2 amide bonds. The van der Waals surface area contributed by atoms with E-state index in [4.69, 9.17) is 4.74 Å². The first kappa shape index (κ1) is 36.6. The SMILES string of the molecule is O=C(OCc1ccccc1)[C@@H](CCc1ccccc1)CN(Cc1ccccc1)C(=O)N[C@H](C(=O)O)C(Cc1ccccc1)c1ccc2ccccc2c1. The van der Waals surface area contributed by atoms with Gasteiger partial charge in [-0.1, -0.05) is 164 Å². The van der Waals surface area contributed by atoms with E-state index in [1.807, 2.05) is 164 Å². The molecule has 1 unspecified atom stereocenters. The fourth-order valence-electron chi connectivity index (χ4n) is 6.70. The normalized spacial score (nSPS) is 12.7. The van der Waals surface area contributed by atoms with Gasteiger partial charge in [0.25, 0.3) is 0 Å². The molecule has 0 radical (unpaired) electrons. The van der Waals surface area contributed by atoms with E-state index in [1.54, 1.807) is 4.90 Å². The Bertz CT molecular complexity index is 2070. The van der Waals surface area contributed by atoms with Crippen LogP contribution in [0.5, 0.6) is 0 Å². The molecule has 3 atom stereocenters. The number of fused-ring (bicyclic) bond motifs is 1. The summed E-state index contributed by atoms with van der Waals surface area (Å²) in [5.74, 6) is -2.82. The molecule has 268 valence electrons. The molecule has 6 aromatic carbocycles. The summed E-state index contributed by atoms with van der Waals surface area (Å²) in [5.41, 5.74) is 4.54. The zero-order valence-corrected chi connectivity index (χ0v) is 29.6. The molecule has 0 aliphatic carbocycles. The highest BCUT2D eigenvalue weighted by Gasteiger charge is 2.34. The van der Waals surface area contributed by atoms with Gasteiger partial charge < -0.3 is 20.1 Å². The molecule has 0 aromatic heterocycles. The van der Waals surface area contributed by atoms with Crippen molar-refractivity contribution in [1.29, 1.82) is 0 Å². The molecule has 0 saturated carbocycles. The fraction of sp³-hybridized carbons (Fsp3) is 0.196. The van der Waals surface area contributed by atoms with Crippen molar-refractivity contribution in [3.63, 3.8) is 0 Å². The van der Waals surface area contributed by atoms with E-state index in [0.29, 0.717) is 19.3 Å². The lowest BCUT2D eigenvalue weighted by Crippen LogP contribution is -2.52. The average molecular weight is 705 g/mol. The predicted octanol–water partition coefficient (Wildman–Crippen LogP) is 8.82. The summed E-state index contributed by atoms with van der Waals surface area (Å²) in [4.78, 5) is 43.0. The number of carbonyl (C=O) groups excluding carboxylic acids is 2. The molecule has 0 heterocycles. The van der Waals surface area contributed by atoms with Crippen LogP contribution in [-0.4, -0.2) is 40.6 Å². The van der Waals surface area contributed by atoms with Gasteiger partial charge in [-0.2, -0.15) is 0 Å². The number of hydrogen-bond acceptors (Lipinski definition) is 4. The Morgan fingerprint density at radius 3 is 1.79 bits per heavy atom. The van der Waals surface area contributed by atoms with Crippen LogP contribution in [0.1, 0.15) is 40.2 Å². The second-order valence-electron chi connectivity index (χ2n) is 13.3. The maximum atomic E-state index is 14.5. The summed E-state index contributed by atoms with van der Waals surface area (Å²) in [5, 5.41) is 15.7. The van der Waals surface area contributed by atoms with Crippen LogP contribution in [0, 0.1) is 5.92 Å². The number of esters is 1. The third-order valence-corrected chi connectivity index (χ3v) is 9.57. The third-order valence-electron chi connectivity index (χ3n) is 9.57. The Labute approximate surface area is 310 Å². The minimum Gasteiger partial charge on any atom is -0.480 e. The number of carboxylic acid groups (broad SMARTS) is 1. The van der Waals surface area contributed by atoms with Crippen LogP contribution < -0.4 is 5.32 Å². The second-order valence-corrected chi connectivity index (χ2v) is 13.3. The monoisotopic (exact) mass is 704 g/mol. The third kappa shape index (κ3) is 10.4. The molecule has 0 saturated heterocycles. The van der Waals surface area contributed by atoms with Crippen LogP contribution >= 0.6 is 0 Å². The molecular weight excluding hydrogens is 661 g/mol. The topological polar surface area (TPSA) is 95.9 Å². The predicted molar refractivity (Wildman–Crippen MR) is 208 cm³/mol.